The Hall–Kier alpha value is -3.75. The zero-order valence-corrected chi connectivity index (χ0v) is 15.8. The summed E-state index contributed by atoms with van der Waals surface area (Å²) in [7, 11) is 0. The van der Waals surface area contributed by atoms with Gasteiger partial charge < -0.3 is 43.4 Å². The Morgan fingerprint density at radius 1 is 0.733 bits per heavy atom. The van der Waals surface area contributed by atoms with Crippen LogP contribution in [0, 0.1) is 0 Å². The third-order valence-electron chi connectivity index (χ3n) is 3.50. The van der Waals surface area contributed by atoms with Crippen molar-refractivity contribution in [3.05, 3.63) is 0 Å². The van der Waals surface area contributed by atoms with Crippen molar-refractivity contribution in [2.45, 2.75) is 43.8 Å². The number of hydrogen-bond donors (Lipinski definition) is 8. The van der Waals surface area contributed by atoms with Crippen molar-refractivity contribution in [3.63, 3.8) is 0 Å². The summed E-state index contributed by atoms with van der Waals surface area (Å²) < 4.78 is 0. The van der Waals surface area contributed by atoms with E-state index in [9.17, 15) is 33.6 Å². The van der Waals surface area contributed by atoms with Crippen LogP contribution in [-0.4, -0.2) is 76.4 Å². The van der Waals surface area contributed by atoms with Gasteiger partial charge in [0.15, 0.2) is 0 Å². The van der Waals surface area contributed by atoms with Gasteiger partial charge in [0.2, 0.25) is 29.5 Å². The van der Waals surface area contributed by atoms with E-state index in [4.69, 9.17) is 27.4 Å². The molecule has 0 aromatic carbocycles. The van der Waals surface area contributed by atoms with Gasteiger partial charge in [-0.3, -0.25) is 33.6 Å². The Kier molecular flexibility index (Phi) is 11.1. The summed E-state index contributed by atoms with van der Waals surface area (Å²) in [6, 6.07) is -4.57. The maximum absolute atomic E-state index is 12.5. The Balaban J connectivity index is 5.33. The maximum Gasteiger partial charge on any atom is 0.322 e. The Morgan fingerprint density at radius 3 is 1.77 bits per heavy atom. The molecule has 0 aliphatic carbocycles. The van der Waals surface area contributed by atoms with E-state index >= 15 is 0 Å². The molecule has 0 saturated heterocycles. The fraction of sp³-hybridized carbons (Fsp3) is 0.533. The molecule has 11 N–H and O–H groups in total. The number of primary amides is 2. The molecule has 0 bridgehead atoms. The zero-order chi connectivity index (χ0) is 23.4. The molecular formula is C15H24N6O9. The molecule has 0 spiro atoms. The van der Waals surface area contributed by atoms with Crippen LogP contribution in [0.3, 0.4) is 0 Å². The van der Waals surface area contributed by atoms with Crippen LogP contribution in [0.4, 0.5) is 0 Å². The second kappa shape index (κ2) is 12.7. The van der Waals surface area contributed by atoms with Gasteiger partial charge in [-0.2, -0.15) is 0 Å². The van der Waals surface area contributed by atoms with Crippen LogP contribution in [0.1, 0.15) is 25.7 Å². The van der Waals surface area contributed by atoms with Crippen LogP contribution >= 0.6 is 0 Å². The number of carbonyl (C=O) groups excluding carboxylic acids is 5. The minimum Gasteiger partial charge on any atom is -0.481 e. The number of hydrogen-bond acceptors (Lipinski definition) is 8. The fourth-order valence-electron chi connectivity index (χ4n) is 2.08. The van der Waals surface area contributed by atoms with Crippen molar-refractivity contribution in [1.82, 2.24) is 16.0 Å². The normalized spacial score (nSPS) is 13.2. The number of rotatable bonds is 14. The van der Waals surface area contributed by atoms with Gasteiger partial charge in [-0.05, 0) is 6.42 Å². The highest BCUT2D eigenvalue weighted by molar-refractivity contribution is 5.96. The van der Waals surface area contributed by atoms with Gasteiger partial charge in [-0.25, -0.2) is 0 Å². The molecule has 0 fully saturated rings. The first-order chi connectivity index (χ1) is 13.8. The van der Waals surface area contributed by atoms with Crippen LogP contribution in [0.25, 0.3) is 0 Å². The van der Waals surface area contributed by atoms with E-state index in [0.717, 1.165) is 0 Å². The Bertz CT molecular complexity index is 711. The minimum absolute atomic E-state index is 0.303. The van der Waals surface area contributed by atoms with E-state index in [0.29, 0.717) is 0 Å². The summed E-state index contributed by atoms with van der Waals surface area (Å²) >= 11 is 0. The predicted molar refractivity (Wildman–Crippen MR) is 97.0 cm³/mol. The molecule has 3 atom stereocenters. The number of nitrogens with one attached hydrogen (secondary N) is 3. The molecule has 5 amide bonds. The molecule has 0 saturated carbocycles. The van der Waals surface area contributed by atoms with Crippen LogP contribution in [0.5, 0.6) is 0 Å². The second-order valence-corrected chi connectivity index (χ2v) is 6.11. The lowest BCUT2D eigenvalue weighted by atomic mass is 10.1. The molecule has 0 aromatic rings. The van der Waals surface area contributed by atoms with E-state index < -0.39 is 79.0 Å². The number of nitrogens with two attached hydrogens (primary N) is 3. The largest absolute Gasteiger partial charge is 0.481 e. The topological polar surface area (TPSA) is 274 Å². The average Bonchev–Trinajstić information content (AvgIpc) is 2.60. The van der Waals surface area contributed by atoms with Gasteiger partial charge in [0.1, 0.15) is 18.6 Å². The van der Waals surface area contributed by atoms with E-state index in [1.54, 1.807) is 0 Å². The SMILES string of the molecule is NC(=O)CCC(NC(=O)C(CC(N)=O)NC(=O)C(N)CC(=O)O)C(=O)NCC(=O)O. The number of carbonyl (C=O) groups is 7. The van der Waals surface area contributed by atoms with Crippen molar-refractivity contribution in [2.24, 2.45) is 17.2 Å². The molecule has 0 heterocycles. The standard InChI is InChI=1S/C15H24N6O9/c16-6(3-11(24)25)13(28)21-8(4-10(18)23)15(30)20-7(1-2-9(17)22)14(29)19-5-12(26)27/h6-8H,1-5,16H2,(H2,17,22)(H2,18,23)(H,19,29)(H,20,30)(H,21,28)(H,24,25)(H,26,27). The van der Waals surface area contributed by atoms with Gasteiger partial charge in [-0.15, -0.1) is 0 Å². The van der Waals surface area contributed by atoms with Crippen LogP contribution in [-0.2, 0) is 33.6 Å². The van der Waals surface area contributed by atoms with Crippen molar-refractivity contribution < 1.29 is 43.8 Å². The molecule has 0 radical (unpaired) electrons. The maximum atomic E-state index is 12.5. The minimum atomic E-state index is -1.61. The number of aliphatic carboxylic acids is 2. The fourth-order valence-corrected chi connectivity index (χ4v) is 2.08. The Labute approximate surface area is 169 Å². The summed E-state index contributed by atoms with van der Waals surface area (Å²) in [5, 5.41) is 23.5. The smallest absolute Gasteiger partial charge is 0.322 e. The van der Waals surface area contributed by atoms with Crippen LogP contribution in [0.2, 0.25) is 0 Å². The summed E-state index contributed by atoms with van der Waals surface area (Å²) in [5.74, 6) is -7.66. The summed E-state index contributed by atoms with van der Waals surface area (Å²) in [6.07, 6.45) is -2.11. The molecule has 0 aliphatic rings. The monoisotopic (exact) mass is 432 g/mol. The molecule has 15 heteroatoms. The molecule has 3 unspecified atom stereocenters. The zero-order valence-electron chi connectivity index (χ0n) is 15.8. The quantitative estimate of drug-likeness (QED) is 0.129. The molecule has 0 aliphatic heterocycles. The highest BCUT2D eigenvalue weighted by Crippen LogP contribution is 2.02. The third-order valence-corrected chi connectivity index (χ3v) is 3.50. The number of carboxylic acid groups (broad SMARTS) is 2. The summed E-state index contributed by atoms with van der Waals surface area (Å²) in [5.41, 5.74) is 15.4. The Morgan fingerprint density at radius 2 is 1.30 bits per heavy atom. The van der Waals surface area contributed by atoms with Gasteiger partial charge >= 0.3 is 11.9 Å². The summed E-state index contributed by atoms with van der Waals surface area (Å²) in [4.78, 5) is 79.9. The summed E-state index contributed by atoms with van der Waals surface area (Å²) in [6.45, 7) is -0.771. The third kappa shape index (κ3) is 11.2. The molecular weight excluding hydrogens is 408 g/mol. The average molecular weight is 432 g/mol. The lowest BCUT2D eigenvalue weighted by molar-refractivity contribution is -0.140. The van der Waals surface area contributed by atoms with Crippen molar-refractivity contribution in [2.75, 3.05) is 6.54 Å². The van der Waals surface area contributed by atoms with Gasteiger partial charge in [0.25, 0.3) is 0 Å². The van der Waals surface area contributed by atoms with Crippen LogP contribution < -0.4 is 33.2 Å². The first kappa shape index (κ1) is 26.2. The second-order valence-electron chi connectivity index (χ2n) is 6.11. The van der Waals surface area contributed by atoms with E-state index in [-0.39, 0.29) is 12.8 Å². The number of carboxylic acids is 2. The number of amides is 5. The molecule has 168 valence electrons. The predicted octanol–water partition coefficient (Wildman–Crippen LogP) is -4.90. The lowest BCUT2D eigenvalue weighted by Gasteiger charge is -2.23. The highest BCUT2D eigenvalue weighted by atomic mass is 16.4. The van der Waals surface area contributed by atoms with Crippen LogP contribution in [0.15, 0.2) is 0 Å². The van der Waals surface area contributed by atoms with Gasteiger partial charge in [0.05, 0.1) is 18.9 Å². The van der Waals surface area contributed by atoms with Crippen molar-refractivity contribution in [1.29, 1.82) is 0 Å². The van der Waals surface area contributed by atoms with Crippen molar-refractivity contribution in [3.8, 4) is 0 Å². The molecule has 30 heavy (non-hydrogen) atoms. The molecule has 0 rings (SSSR count). The molecule has 0 aromatic heterocycles. The van der Waals surface area contributed by atoms with Gasteiger partial charge in [0, 0.05) is 6.42 Å². The lowest BCUT2D eigenvalue weighted by Crippen LogP contribution is -2.57. The van der Waals surface area contributed by atoms with E-state index in [1.807, 2.05) is 5.32 Å². The first-order valence-corrected chi connectivity index (χ1v) is 8.47. The first-order valence-electron chi connectivity index (χ1n) is 8.47. The van der Waals surface area contributed by atoms with Crippen molar-refractivity contribution >= 4 is 41.5 Å². The van der Waals surface area contributed by atoms with E-state index in [2.05, 4.69) is 10.6 Å². The van der Waals surface area contributed by atoms with E-state index in [1.165, 1.54) is 0 Å². The highest BCUT2D eigenvalue weighted by Gasteiger charge is 2.30. The van der Waals surface area contributed by atoms with Gasteiger partial charge in [-0.1, -0.05) is 0 Å². The molecule has 15 nitrogen and oxygen atoms in total.